The highest BCUT2D eigenvalue weighted by Gasteiger charge is 2.70. The number of allylic oxidation sites excluding steroid dienone is 1. The molecule has 146 valence electrons. The average Bonchev–Trinajstić information content (AvgIpc) is 2.91. The number of hydrogen-bond donors (Lipinski definition) is 0. The van der Waals surface area contributed by atoms with Gasteiger partial charge in [-0.2, -0.15) is 22.0 Å². The van der Waals surface area contributed by atoms with Crippen molar-refractivity contribution >= 4 is 5.78 Å². The van der Waals surface area contributed by atoms with Crippen molar-refractivity contribution < 1.29 is 26.7 Å². The summed E-state index contributed by atoms with van der Waals surface area (Å²) in [5.41, 5.74) is 0.257. The van der Waals surface area contributed by atoms with Crippen LogP contribution >= 0.6 is 0 Å². The minimum absolute atomic E-state index is 0.0389. The molecular formula is C20H25F5O. The molecule has 0 bridgehead atoms. The molecular weight excluding hydrogens is 351 g/mol. The van der Waals surface area contributed by atoms with Crippen LogP contribution in [0.3, 0.4) is 0 Å². The molecule has 0 spiro atoms. The lowest BCUT2D eigenvalue weighted by molar-refractivity contribution is -0.315. The van der Waals surface area contributed by atoms with Gasteiger partial charge in [0.1, 0.15) is 0 Å². The summed E-state index contributed by atoms with van der Waals surface area (Å²) in [6.45, 7) is 1.68. The molecule has 0 saturated heterocycles. The molecule has 3 fully saturated rings. The number of fused-ring (bicyclic) bond motifs is 5. The van der Waals surface area contributed by atoms with Crippen molar-refractivity contribution in [3.05, 3.63) is 11.6 Å². The maximum absolute atomic E-state index is 14.2. The number of halogens is 5. The van der Waals surface area contributed by atoms with Gasteiger partial charge in [-0.1, -0.05) is 12.5 Å². The van der Waals surface area contributed by atoms with Crippen molar-refractivity contribution in [2.75, 3.05) is 0 Å². The van der Waals surface area contributed by atoms with Gasteiger partial charge in [0.2, 0.25) is 0 Å². The Balaban J connectivity index is 1.61. The first-order valence-electron chi connectivity index (χ1n) is 9.73. The third-order valence-corrected chi connectivity index (χ3v) is 8.12. The molecule has 0 aromatic carbocycles. The monoisotopic (exact) mass is 376 g/mol. The van der Waals surface area contributed by atoms with E-state index in [-0.39, 0.29) is 24.0 Å². The first kappa shape index (κ1) is 18.4. The molecule has 0 amide bonds. The van der Waals surface area contributed by atoms with Crippen molar-refractivity contribution in [2.24, 2.45) is 35.0 Å². The van der Waals surface area contributed by atoms with E-state index in [1.807, 2.05) is 0 Å². The molecule has 0 radical (unpaired) electrons. The van der Waals surface area contributed by atoms with Gasteiger partial charge < -0.3 is 0 Å². The fourth-order valence-electron chi connectivity index (χ4n) is 6.97. The van der Waals surface area contributed by atoms with Crippen LogP contribution in [0.25, 0.3) is 0 Å². The second-order valence-corrected chi connectivity index (χ2v) is 9.10. The maximum atomic E-state index is 14.2. The van der Waals surface area contributed by atoms with Crippen molar-refractivity contribution in [1.82, 2.24) is 0 Å². The van der Waals surface area contributed by atoms with Crippen LogP contribution in [0.5, 0.6) is 0 Å². The molecule has 6 heteroatoms. The van der Waals surface area contributed by atoms with Crippen molar-refractivity contribution in [3.8, 4) is 0 Å². The number of ketones is 1. The lowest BCUT2D eigenvalue weighted by Crippen LogP contribution is -2.53. The summed E-state index contributed by atoms with van der Waals surface area (Å²) in [5, 5.41) is 0. The summed E-state index contributed by atoms with van der Waals surface area (Å²) >= 11 is 0. The fourth-order valence-corrected chi connectivity index (χ4v) is 6.97. The molecule has 0 aromatic heterocycles. The van der Waals surface area contributed by atoms with E-state index in [0.29, 0.717) is 37.5 Å². The summed E-state index contributed by atoms with van der Waals surface area (Å²) in [4.78, 5) is 11.7. The number of carbonyl (C=O) groups excluding carboxylic acids is 1. The summed E-state index contributed by atoms with van der Waals surface area (Å²) in [6.07, 6.45) is 0.847. The first-order valence-corrected chi connectivity index (χ1v) is 9.73. The molecule has 4 aliphatic rings. The number of hydrogen-bond acceptors (Lipinski definition) is 1. The molecule has 0 N–H and O–H groups in total. The Morgan fingerprint density at radius 2 is 1.69 bits per heavy atom. The summed E-state index contributed by atoms with van der Waals surface area (Å²) in [6, 6.07) is 0. The zero-order chi connectivity index (χ0) is 18.9. The van der Waals surface area contributed by atoms with Gasteiger partial charge in [0.15, 0.2) is 5.78 Å². The molecule has 4 rings (SSSR count). The van der Waals surface area contributed by atoms with E-state index in [4.69, 9.17) is 0 Å². The van der Waals surface area contributed by atoms with Crippen LogP contribution in [0.4, 0.5) is 22.0 Å². The number of carbonyl (C=O) groups is 1. The van der Waals surface area contributed by atoms with E-state index in [0.717, 1.165) is 19.3 Å². The Morgan fingerprint density at radius 3 is 2.38 bits per heavy atom. The van der Waals surface area contributed by atoms with E-state index in [1.54, 1.807) is 13.0 Å². The Labute approximate surface area is 150 Å². The predicted molar refractivity (Wildman–Crippen MR) is 86.6 cm³/mol. The third kappa shape index (κ3) is 2.50. The highest BCUT2D eigenvalue weighted by Crippen LogP contribution is 2.67. The molecule has 0 aliphatic heterocycles. The first-order chi connectivity index (χ1) is 12.1. The van der Waals surface area contributed by atoms with Crippen LogP contribution in [-0.2, 0) is 4.79 Å². The van der Waals surface area contributed by atoms with Gasteiger partial charge in [0, 0.05) is 12.3 Å². The van der Waals surface area contributed by atoms with Gasteiger partial charge >= 0.3 is 12.1 Å². The Morgan fingerprint density at radius 1 is 0.962 bits per heavy atom. The topological polar surface area (TPSA) is 17.1 Å². The second kappa shape index (κ2) is 5.78. The minimum Gasteiger partial charge on any atom is -0.295 e. The Kier molecular flexibility index (Phi) is 4.09. The standard InChI is InChI=1S/C20H25F5O/c1-18-9-8-14-13-5-3-12(26)10-11(13)2-4-15(14)16(18)6-7-17(18)19(21,22)20(23,24)25/h10,13-17H,2-9H2,1H3/t13-,14+,15+,16-,17+,18-/m0/s1. The van der Waals surface area contributed by atoms with E-state index in [2.05, 4.69) is 0 Å². The second-order valence-electron chi connectivity index (χ2n) is 9.10. The number of alkyl halides is 5. The van der Waals surface area contributed by atoms with Gasteiger partial charge in [0.05, 0.1) is 0 Å². The van der Waals surface area contributed by atoms with E-state index in [1.165, 1.54) is 5.57 Å². The largest absolute Gasteiger partial charge is 0.453 e. The molecule has 0 unspecified atom stereocenters. The zero-order valence-electron chi connectivity index (χ0n) is 14.9. The molecule has 6 atom stereocenters. The minimum atomic E-state index is -5.47. The average molecular weight is 376 g/mol. The van der Waals surface area contributed by atoms with Crippen LogP contribution in [0.1, 0.15) is 58.3 Å². The predicted octanol–water partition coefficient (Wildman–Crippen LogP) is 5.94. The van der Waals surface area contributed by atoms with E-state index in [9.17, 15) is 26.7 Å². The summed E-state index contributed by atoms with van der Waals surface area (Å²) < 4.78 is 67.5. The van der Waals surface area contributed by atoms with Gasteiger partial charge in [-0.05, 0) is 80.1 Å². The Bertz CT molecular complexity index is 637. The van der Waals surface area contributed by atoms with E-state index >= 15 is 0 Å². The number of rotatable bonds is 1. The van der Waals surface area contributed by atoms with Gasteiger partial charge in [-0.15, -0.1) is 0 Å². The fraction of sp³-hybridized carbons (Fsp3) is 0.850. The highest BCUT2D eigenvalue weighted by molar-refractivity contribution is 5.91. The molecule has 3 saturated carbocycles. The van der Waals surface area contributed by atoms with Gasteiger partial charge in [-0.25, -0.2) is 0 Å². The Hall–Kier alpha value is -0.940. The van der Waals surface area contributed by atoms with Crippen molar-refractivity contribution in [3.63, 3.8) is 0 Å². The zero-order valence-corrected chi connectivity index (χ0v) is 14.9. The summed E-state index contributed by atoms with van der Waals surface area (Å²) in [5.74, 6) is -5.21. The van der Waals surface area contributed by atoms with Gasteiger partial charge in [-0.3, -0.25) is 4.79 Å². The molecule has 0 heterocycles. The lowest BCUT2D eigenvalue weighted by atomic mass is 9.51. The van der Waals surface area contributed by atoms with Crippen LogP contribution in [0.2, 0.25) is 0 Å². The SMILES string of the molecule is C[C@]12CC[C@H]3[C@@H](CCC4=CC(=O)CC[C@@H]43)[C@@H]1CC[C@H]2C(F)(F)C(F)(F)F. The molecule has 4 aliphatic carbocycles. The lowest BCUT2D eigenvalue weighted by Gasteiger charge is -2.54. The van der Waals surface area contributed by atoms with Crippen molar-refractivity contribution in [1.29, 1.82) is 0 Å². The van der Waals surface area contributed by atoms with Crippen LogP contribution in [-0.4, -0.2) is 17.9 Å². The normalized spacial score (nSPS) is 43.4. The van der Waals surface area contributed by atoms with E-state index < -0.39 is 23.4 Å². The van der Waals surface area contributed by atoms with Crippen LogP contribution < -0.4 is 0 Å². The third-order valence-electron chi connectivity index (χ3n) is 8.12. The summed E-state index contributed by atoms with van der Waals surface area (Å²) in [7, 11) is 0. The van der Waals surface area contributed by atoms with Gasteiger partial charge in [0.25, 0.3) is 0 Å². The van der Waals surface area contributed by atoms with Crippen molar-refractivity contribution in [2.45, 2.75) is 70.4 Å². The van der Waals surface area contributed by atoms with Crippen LogP contribution in [0, 0.1) is 35.0 Å². The van der Waals surface area contributed by atoms with Crippen LogP contribution in [0.15, 0.2) is 11.6 Å². The molecule has 26 heavy (non-hydrogen) atoms. The molecule has 1 nitrogen and oxygen atoms in total. The highest BCUT2D eigenvalue weighted by atomic mass is 19.4. The smallest absolute Gasteiger partial charge is 0.295 e. The quantitative estimate of drug-likeness (QED) is 0.518. The maximum Gasteiger partial charge on any atom is 0.453 e. The molecule has 0 aromatic rings.